The number of ether oxygens (including phenoxy) is 1. The Hall–Kier alpha value is -1.17. The molecule has 1 aromatic carbocycles. The van der Waals surface area contributed by atoms with Crippen LogP contribution in [0.4, 0.5) is 4.39 Å². The molecule has 0 aromatic heterocycles. The molecule has 0 aliphatic carbocycles. The lowest BCUT2D eigenvalue weighted by atomic mass is 10.1. The lowest BCUT2D eigenvalue weighted by Crippen LogP contribution is -2.34. The van der Waals surface area contributed by atoms with Crippen molar-refractivity contribution in [2.24, 2.45) is 0 Å². The van der Waals surface area contributed by atoms with Gasteiger partial charge in [-0.25, -0.2) is 4.39 Å². The molecule has 0 bridgehead atoms. The molecular weight excluding hydrogens is 273 g/mol. The van der Waals surface area contributed by atoms with Crippen LogP contribution in [0.1, 0.15) is 24.4 Å². The lowest BCUT2D eigenvalue weighted by molar-refractivity contribution is -0.139. The van der Waals surface area contributed by atoms with E-state index in [1.807, 2.05) is 0 Å². The topological polar surface area (TPSA) is 58.6 Å². The highest BCUT2D eigenvalue weighted by Crippen LogP contribution is 2.24. The Bertz CT molecular complexity index is 463. The minimum Gasteiger partial charge on any atom is -0.480 e. The van der Waals surface area contributed by atoms with Crippen molar-refractivity contribution in [3.63, 3.8) is 0 Å². The zero-order valence-corrected chi connectivity index (χ0v) is 11.0. The summed E-state index contributed by atoms with van der Waals surface area (Å²) in [5, 5.41) is 12.2. The van der Waals surface area contributed by atoms with E-state index in [9.17, 15) is 14.3 Å². The molecule has 19 heavy (non-hydrogen) atoms. The number of hydrogen-bond donors (Lipinski definition) is 2. The number of nitrogens with one attached hydrogen (secondary N) is 1. The Morgan fingerprint density at radius 3 is 3.00 bits per heavy atom. The molecular formula is C13H15ClFNO3. The van der Waals surface area contributed by atoms with Gasteiger partial charge in [0, 0.05) is 18.2 Å². The van der Waals surface area contributed by atoms with Gasteiger partial charge in [-0.3, -0.25) is 10.1 Å². The average molecular weight is 288 g/mol. The first-order valence-electron chi connectivity index (χ1n) is 6.10. The molecule has 2 N–H and O–H groups in total. The van der Waals surface area contributed by atoms with Crippen molar-refractivity contribution in [2.75, 3.05) is 13.2 Å². The van der Waals surface area contributed by atoms with Gasteiger partial charge in [0.1, 0.15) is 11.9 Å². The van der Waals surface area contributed by atoms with Crippen LogP contribution in [-0.4, -0.2) is 30.3 Å². The smallest absolute Gasteiger partial charge is 0.325 e. The lowest BCUT2D eigenvalue weighted by Gasteiger charge is -2.18. The van der Waals surface area contributed by atoms with E-state index in [2.05, 4.69) is 5.32 Å². The van der Waals surface area contributed by atoms with Gasteiger partial charge >= 0.3 is 5.97 Å². The monoisotopic (exact) mass is 287 g/mol. The van der Waals surface area contributed by atoms with Crippen LogP contribution in [0.3, 0.4) is 0 Å². The van der Waals surface area contributed by atoms with Crippen LogP contribution < -0.4 is 5.32 Å². The van der Waals surface area contributed by atoms with Gasteiger partial charge in [-0.05, 0) is 30.5 Å². The maximum atomic E-state index is 13.0. The normalized spacial score (nSPS) is 20.4. The van der Waals surface area contributed by atoms with Crippen LogP contribution in [0.25, 0.3) is 0 Å². The van der Waals surface area contributed by atoms with Crippen molar-refractivity contribution in [3.8, 4) is 0 Å². The number of rotatable bonds is 5. The van der Waals surface area contributed by atoms with E-state index in [-0.39, 0.29) is 11.1 Å². The summed E-state index contributed by atoms with van der Waals surface area (Å²) < 4.78 is 18.4. The van der Waals surface area contributed by atoms with Crippen LogP contribution in [0, 0.1) is 5.82 Å². The van der Waals surface area contributed by atoms with Gasteiger partial charge in [0.05, 0.1) is 6.10 Å². The highest BCUT2D eigenvalue weighted by atomic mass is 35.5. The van der Waals surface area contributed by atoms with E-state index in [0.717, 1.165) is 18.9 Å². The number of hydrogen-bond acceptors (Lipinski definition) is 3. The van der Waals surface area contributed by atoms with Gasteiger partial charge < -0.3 is 9.84 Å². The van der Waals surface area contributed by atoms with Crippen LogP contribution >= 0.6 is 11.6 Å². The molecule has 1 aliphatic heterocycles. The van der Waals surface area contributed by atoms with Gasteiger partial charge in [0.25, 0.3) is 0 Å². The minimum atomic E-state index is -1.05. The highest BCUT2D eigenvalue weighted by molar-refractivity contribution is 6.31. The highest BCUT2D eigenvalue weighted by Gasteiger charge is 2.24. The van der Waals surface area contributed by atoms with Gasteiger partial charge in [0.2, 0.25) is 0 Å². The predicted molar refractivity (Wildman–Crippen MR) is 68.8 cm³/mol. The Labute approximate surface area is 115 Å². The molecule has 1 saturated heterocycles. The first-order chi connectivity index (χ1) is 9.08. The van der Waals surface area contributed by atoms with Crippen molar-refractivity contribution >= 4 is 17.6 Å². The van der Waals surface area contributed by atoms with E-state index in [1.54, 1.807) is 0 Å². The van der Waals surface area contributed by atoms with Gasteiger partial charge in [-0.1, -0.05) is 17.7 Å². The molecule has 6 heteroatoms. The van der Waals surface area contributed by atoms with E-state index >= 15 is 0 Å². The zero-order chi connectivity index (χ0) is 13.8. The molecule has 4 nitrogen and oxygen atoms in total. The second-order valence-corrected chi connectivity index (χ2v) is 4.89. The van der Waals surface area contributed by atoms with E-state index in [4.69, 9.17) is 16.3 Å². The molecule has 1 fully saturated rings. The summed E-state index contributed by atoms with van der Waals surface area (Å²) in [6.45, 7) is 1.14. The quantitative estimate of drug-likeness (QED) is 0.873. The molecule has 0 radical (unpaired) electrons. The van der Waals surface area contributed by atoms with Crippen molar-refractivity contribution in [3.05, 3.63) is 34.6 Å². The van der Waals surface area contributed by atoms with E-state index in [0.29, 0.717) is 18.7 Å². The first-order valence-corrected chi connectivity index (χ1v) is 6.48. The number of carboxylic acid groups (broad SMARTS) is 1. The molecule has 1 heterocycles. The standard InChI is InChI=1S/C13H15ClFNO3/c14-11-6-8(15)3-4-10(11)12(13(17)18)16-7-9-2-1-5-19-9/h3-4,6,9,12,16H,1-2,5,7H2,(H,17,18). The molecule has 104 valence electrons. The third-order valence-electron chi connectivity index (χ3n) is 3.09. The molecule has 1 aliphatic rings. The number of aliphatic carboxylic acids is 1. The summed E-state index contributed by atoms with van der Waals surface area (Å²) in [5.41, 5.74) is 0.355. The third kappa shape index (κ3) is 3.65. The number of benzene rings is 1. The maximum Gasteiger partial charge on any atom is 0.325 e. The fourth-order valence-corrected chi connectivity index (χ4v) is 2.40. The van der Waals surface area contributed by atoms with Gasteiger partial charge in [-0.15, -0.1) is 0 Å². The summed E-state index contributed by atoms with van der Waals surface area (Å²) in [7, 11) is 0. The molecule has 0 amide bonds. The molecule has 2 unspecified atom stereocenters. The largest absolute Gasteiger partial charge is 0.480 e. The first kappa shape index (κ1) is 14.2. The van der Waals surface area contributed by atoms with Crippen LogP contribution in [0.15, 0.2) is 18.2 Å². The summed E-state index contributed by atoms with van der Waals surface area (Å²) in [4.78, 5) is 11.3. The van der Waals surface area contributed by atoms with Crippen LogP contribution in [0.5, 0.6) is 0 Å². The third-order valence-corrected chi connectivity index (χ3v) is 3.42. The fraction of sp³-hybridized carbons (Fsp3) is 0.462. The molecule has 0 spiro atoms. The Morgan fingerprint density at radius 1 is 1.63 bits per heavy atom. The Balaban J connectivity index is 2.08. The van der Waals surface area contributed by atoms with Crippen molar-refractivity contribution in [1.82, 2.24) is 5.32 Å². The van der Waals surface area contributed by atoms with Gasteiger partial charge in [0.15, 0.2) is 0 Å². The maximum absolute atomic E-state index is 13.0. The van der Waals surface area contributed by atoms with E-state index in [1.165, 1.54) is 12.1 Å². The zero-order valence-electron chi connectivity index (χ0n) is 10.2. The summed E-state index contributed by atoms with van der Waals surface area (Å²) in [6, 6.07) is 2.74. The molecule has 2 rings (SSSR count). The fourth-order valence-electron chi connectivity index (χ4n) is 2.12. The minimum absolute atomic E-state index is 0.0288. The van der Waals surface area contributed by atoms with Gasteiger partial charge in [-0.2, -0.15) is 0 Å². The number of carbonyl (C=O) groups is 1. The summed E-state index contributed by atoms with van der Waals surface area (Å²) >= 11 is 5.89. The Kier molecular flexibility index (Phi) is 4.74. The van der Waals surface area contributed by atoms with Crippen molar-refractivity contribution < 1.29 is 19.0 Å². The predicted octanol–water partition coefficient (Wildman–Crippen LogP) is 2.37. The second kappa shape index (κ2) is 6.32. The summed E-state index contributed by atoms with van der Waals surface area (Å²) in [6.07, 6.45) is 1.93. The second-order valence-electron chi connectivity index (χ2n) is 4.48. The molecule has 2 atom stereocenters. The number of halogens is 2. The van der Waals surface area contributed by atoms with Crippen molar-refractivity contribution in [1.29, 1.82) is 0 Å². The molecule has 1 aromatic rings. The van der Waals surface area contributed by atoms with Crippen LogP contribution in [-0.2, 0) is 9.53 Å². The SMILES string of the molecule is O=C(O)C(NCC1CCCO1)c1ccc(F)cc1Cl. The molecule has 0 saturated carbocycles. The van der Waals surface area contributed by atoms with E-state index < -0.39 is 17.8 Å². The summed E-state index contributed by atoms with van der Waals surface area (Å²) in [5.74, 6) is -1.54. The van der Waals surface area contributed by atoms with Crippen LogP contribution in [0.2, 0.25) is 5.02 Å². The number of carboxylic acids is 1. The average Bonchev–Trinajstić information content (AvgIpc) is 2.84. The van der Waals surface area contributed by atoms with Crippen molar-refractivity contribution in [2.45, 2.75) is 25.0 Å². The Morgan fingerprint density at radius 2 is 2.42 bits per heavy atom.